The smallest absolute Gasteiger partial charge is 0.238 e. The minimum absolute atomic E-state index is 0.0853. The Labute approximate surface area is 158 Å². The number of hydrogen-bond acceptors (Lipinski definition) is 4. The van der Waals surface area contributed by atoms with Gasteiger partial charge in [0.2, 0.25) is 11.8 Å². The highest BCUT2D eigenvalue weighted by atomic mass is 35.5. The number of aryl methyl sites for hydroxylation is 1. The molecule has 2 rings (SSSR count). The van der Waals surface area contributed by atoms with Gasteiger partial charge in [-0.05, 0) is 55.9 Å². The molecule has 0 atom stereocenters. The van der Waals surface area contributed by atoms with E-state index in [-0.39, 0.29) is 24.9 Å². The van der Waals surface area contributed by atoms with Gasteiger partial charge in [-0.3, -0.25) is 14.5 Å². The fourth-order valence-electron chi connectivity index (χ4n) is 2.34. The molecule has 2 aromatic carbocycles. The number of carbonyl (C=O) groups is 2. The number of benzene rings is 2. The zero-order valence-corrected chi connectivity index (χ0v) is 15.8. The van der Waals surface area contributed by atoms with Crippen LogP contribution in [-0.4, -0.2) is 44.0 Å². The van der Waals surface area contributed by atoms with Crippen molar-refractivity contribution in [3.05, 3.63) is 53.1 Å². The lowest BCUT2D eigenvalue weighted by Gasteiger charge is -2.17. The molecular weight excluding hydrogens is 354 g/mol. The molecule has 0 aromatic heterocycles. The summed E-state index contributed by atoms with van der Waals surface area (Å²) in [7, 11) is 3.29. The van der Waals surface area contributed by atoms with Crippen molar-refractivity contribution < 1.29 is 14.3 Å². The van der Waals surface area contributed by atoms with Crippen molar-refractivity contribution in [2.45, 2.75) is 6.92 Å². The van der Waals surface area contributed by atoms with Crippen LogP contribution < -0.4 is 15.4 Å². The van der Waals surface area contributed by atoms with Gasteiger partial charge in [-0.25, -0.2) is 0 Å². The van der Waals surface area contributed by atoms with E-state index in [4.69, 9.17) is 16.3 Å². The van der Waals surface area contributed by atoms with E-state index in [1.807, 2.05) is 13.0 Å². The summed E-state index contributed by atoms with van der Waals surface area (Å²) in [6.45, 7) is 2.06. The quantitative estimate of drug-likeness (QED) is 0.779. The third-order valence-corrected chi connectivity index (χ3v) is 3.91. The Bertz CT molecular complexity index is 778. The highest BCUT2D eigenvalue weighted by Crippen LogP contribution is 2.20. The summed E-state index contributed by atoms with van der Waals surface area (Å²) in [4.78, 5) is 25.9. The fourth-order valence-corrected chi connectivity index (χ4v) is 2.51. The summed E-state index contributed by atoms with van der Waals surface area (Å²) in [6.07, 6.45) is 0. The van der Waals surface area contributed by atoms with Gasteiger partial charge in [0.1, 0.15) is 5.75 Å². The first-order valence-electron chi connectivity index (χ1n) is 8.06. The predicted molar refractivity (Wildman–Crippen MR) is 104 cm³/mol. The van der Waals surface area contributed by atoms with E-state index < -0.39 is 0 Å². The molecule has 2 aromatic rings. The Balaban J connectivity index is 1.82. The number of rotatable bonds is 7. The molecule has 0 radical (unpaired) electrons. The van der Waals surface area contributed by atoms with Gasteiger partial charge in [0.15, 0.2) is 0 Å². The number of anilines is 2. The van der Waals surface area contributed by atoms with Crippen molar-refractivity contribution >= 4 is 34.8 Å². The van der Waals surface area contributed by atoms with Gasteiger partial charge in [0, 0.05) is 16.4 Å². The number of hydrogen-bond donors (Lipinski definition) is 2. The maximum Gasteiger partial charge on any atom is 0.238 e. The second kappa shape index (κ2) is 9.22. The molecule has 0 aliphatic heterocycles. The van der Waals surface area contributed by atoms with Crippen molar-refractivity contribution in [3.63, 3.8) is 0 Å². The summed E-state index contributed by atoms with van der Waals surface area (Å²) < 4.78 is 5.07. The number of ether oxygens (including phenoxy) is 1. The van der Waals surface area contributed by atoms with Crippen molar-refractivity contribution in [2.75, 3.05) is 37.9 Å². The Morgan fingerprint density at radius 1 is 1.04 bits per heavy atom. The number of carbonyl (C=O) groups excluding carboxylic acids is 2. The number of amides is 2. The Kier molecular flexibility index (Phi) is 7.00. The second-order valence-corrected chi connectivity index (χ2v) is 6.39. The third kappa shape index (κ3) is 6.06. The number of likely N-dealkylation sites (N-methyl/N-ethyl adjacent to an activating group) is 1. The van der Waals surface area contributed by atoms with E-state index in [1.165, 1.54) is 0 Å². The molecule has 6 nitrogen and oxygen atoms in total. The van der Waals surface area contributed by atoms with E-state index in [0.717, 1.165) is 5.56 Å². The third-order valence-electron chi connectivity index (χ3n) is 3.67. The average molecular weight is 376 g/mol. The van der Waals surface area contributed by atoms with Crippen molar-refractivity contribution in [2.24, 2.45) is 0 Å². The maximum absolute atomic E-state index is 12.2. The molecule has 2 N–H and O–H groups in total. The van der Waals surface area contributed by atoms with Gasteiger partial charge in [0.05, 0.1) is 20.2 Å². The van der Waals surface area contributed by atoms with Crippen LogP contribution >= 0.6 is 11.6 Å². The van der Waals surface area contributed by atoms with Crippen LogP contribution in [0.3, 0.4) is 0 Å². The molecule has 0 unspecified atom stereocenters. The van der Waals surface area contributed by atoms with E-state index in [9.17, 15) is 9.59 Å². The highest BCUT2D eigenvalue weighted by molar-refractivity contribution is 6.31. The van der Waals surface area contributed by atoms with Crippen LogP contribution in [0.15, 0.2) is 42.5 Å². The van der Waals surface area contributed by atoms with E-state index in [0.29, 0.717) is 22.1 Å². The molecule has 7 heteroatoms. The van der Waals surface area contributed by atoms with E-state index in [1.54, 1.807) is 55.5 Å². The Morgan fingerprint density at radius 2 is 1.65 bits per heavy atom. The second-order valence-electron chi connectivity index (χ2n) is 5.96. The van der Waals surface area contributed by atoms with Gasteiger partial charge >= 0.3 is 0 Å². The summed E-state index contributed by atoms with van der Waals surface area (Å²) >= 11 is 5.95. The average Bonchev–Trinajstić information content (AvgIpc) is 2.58. The van der Waals surface area contributed by atoms with Crippen molar-refractivity contribution in [1.29, 1.82) is 0 Å². The Morgan fingerprint density at radius 3 is 2.27 bits per heavy atom. The number of methoxy groups -OCH3 is 1. The SMILES string of the molecule is COc1ccc(NC(=O)CN(C)CC(=O)Nc2cc(Cl)ccc2C)cc1. The largest absolute Gasteiger partial charge is 0.497 e. The molecule has 0 spiro atoms. The first-order valence-corrected chi connectivity index (χ1v) is 8.43. The first kappa shape index (κ1) is 19.8. The van der Waals surface area contributed by atoms with Crippen molar-refractivity contribution in [3.8, 4) is 5.75 Å². The zero-order chi connectivity index (χ0) is 19.1. The highest BCUT2D eigenvalue weighted by Gasteiger charge is 2.12. The number of halogens is 1. The summed E-state index contributed by atoms with van der Waals surface area (Å²) in [5.41, 5.74) is 2.25. The molecule has 0 heterocycles. The van der Waals surface area contributed by atoms with Crippen LogP contribution in [0.5, 0.6) is 5.75 Å². The lowest BCUT2D eigenvalue weighted by atomic mass is 10.2. The van der Waals surface area contributed by atoms with Crippen LogP contribution in [0.4, 0.5) is 11.4 Å². The zero-order valence-electron chi connectivity index (χ0n) is 15.0. The molecule has 0 fully saturated rings. The van der Waals surface area contributed by atoms with Crippen LogP contribution in [0.2, 0.25) is 5.02 Å². The maximum atomic E-state index is 12.2. The molecule has 0 bridgehead atoms. The standard InChI is InChI=1S/C19H22ClN3O3/c1-13-4-5-14(20)10-17(13)22-19(25)12-23(2)11-18(24)21-15-6-8-16(26-3)9-7-15/h4-10H,11-12H2,1-3H3,(H,21,24)(H,22,25). The molecule has 0 aliphatic rings. The van der Waals surface area contributed by atoms with Crippen LogP contribution in [0, 0.1) is 6.92 Å². The van der Waals surface area contributed by atoms with E-state index in [2.05, 4.69) is 10.6 Å². The Hall–Kier alpha value is -2.57. The van der Waals surface area contributed by atoms with Crippen LogP contribution in [0.1, 0.15) is 5.56 Å². The van der Waals surface area contributed by atoms with Gasteiger partial charge < -0.3 is 15.4 Å². The monoisotopic (exact) mass is 375 g/mol. The fraction of sp³-hybridized carbons (Fsp3) is 0.263. The van der Waals surface area contributed by atoms with Crippen LogP contribution in [0.25, 0.3) is 0 Å². The molecule has 0 saturated heterocycles. The lowest BCUT2D eigenvalue weighted by Crippen LogP contribution is -2.36. The van der Waals surface area contributed by atoms with Gasteiger partial charge in [0.25, 0.3) is 0 Å². The summed E-state index contributed by atoms with van der Waals surface area (Å²) in [6, 6.07) is 12.3. The number of nitrogens with zero attached hydrogens (tertiary/aromatic N) is 1. The topological polar surface area (TPSA) is 70.7 Å². The lowest BCUT2D eigenvalue weighted by molar-refractivity contribution is -0.119. The molecular formula is C19H22ClN3O3. The van der Waals surface area contributed by atoms with Crippen LogP contribution in [-0.2, 0) is 9.59 Å². The first-order chi connectivity index (χ1) is 12.4. The molecule has 0 aliphatic carbocycles. The summed E-state index contributed by atoms with van der Waals surface area (Å²) in [5, 5.41) is 6.14. The predicted octanol–water partition coefficient (Wildman–Crippen LogP) is 3.17. The number of nitrogens with one attached hydrogen (secondary N) is 2. The molecule has 0 saturated carbocycles. The molecule has 138 valence electrons. The molecule has 2 amide bonds. The molecule has 26 heavy (non-hydrogen) atoms. The van der Waals surface area contributed by atoms with Gasteiger partial charge in [-0.15, -0.1) is 0 Å². The van der Waals surface area contributed by atoms with Gasteiger partial charge in [-0.2, -0.15) is 0 Å². The normalized spacial score (nSPS) is 10.5. The summed E-state index contributed by atoms with van der Waals surface area (Å²) in [5.74, 6) is 0.299. The minimum Gasteiger partial charge on any atom is -0.497 e. The van der Waals surface area contributed by atoms with E-state index >= 15 is 0 Å². The minimum atomic E-state index is -0.213. The van der Waals surface area contributed by atoms with Crippen molar-refractivity contribution in [1.82, 2.24) is 4.90 Å². The van der Waals surface area contributed by atoms with Gasteiger partial charge in [-0.1, -0.05) is 17.7 Å².